The maximum atomic E-state index is 12.4. The maximum absolute atomic E-state index is 12.4. The van der Waals surface area contributed by atoms with E-state index in [4.69, 9.17) is 0 Å². The molecule has 2 heterocycles. The minimum atomic E-state index is 0.232. The van der Waals surface area contributed by atoms with Crippen LogP contribution in [0, 0.1) is 6.92 Å². The molecule has 0 radical (unpaired) electrons. The molecule has 2 aromatic heterocycles. The van der Waals surface area contributed by atoms with E-state index in [0.29, 0.717) is 25.7 Å². The van der Waals surface area contributed by atoms with Crippen LogP contribution in [0.2, 0.25) is 0 Å². The van der Waals surface area contributed by atoms with Gasteiger partial charge in [0.1, 0.15) is 5.78 Å². The number of aromatic amines is 1. The van der Waals surface area contributed by atoms with E-state index in [1.807, 2.05) is 49.4 Å². The van der Waals surface area contributed by atoms with E-state index in [1.54, 1.807) is 12.4 Å². The first-order valence-corrected chi connectivity index (χ1v) is 8.82. The minimum absolute atomic E-state index is 0.232. The molecule has 3 rings (SSSR count). The number of nitrogens with zero attached hydrogens (tertiary/aromatic N) is 2. The minimum Gasteiger partial charge on any atom is -0.299 e. The first-order chi connectivity index (χ1) is 12.7. The predicted octanol–water partition coefficient (Wildman–Crippen LogP) is 4.25. The van der Waals surface area contributed by atoms with Gasteiger partial charge in [-0.2, -0.15) is 5.10 Å². The zero-order valence-corrected chi connectivity index (χ0v) is 15.0. The lowest BCUT2D eigenvalue weighted by atomic mass is 9.99. The van der Waals surface area contributed by atoms with Crippen LogP contribution in [0.25, 0.3) is 11.3 Å². The number of carbonyl (C=O) groups excluding carboxylic acids is 1. The molecule has 0 unspecified atom stereocenters. The Morgan fingerprint density at radius 2 is 2.04 bits per heavy atom. The summed E-state index contributed by atoms with van der Waals surface area (Å²) in [5.74, 6) is 0.232. The standard InChI is InChI=1S/C22H23N3O/c1-3-5-20-21(24-25-22(20)18-6-4-13-23-15-18)12-11-19(26)14-17-9-7-16(2)8-10-17/h3-4,6-10,13,15H,1,5,11-12,14H2,2H3,(H,24,25). The summed E-state index contributed by atoms with van der Waals surface area (Å²) < 4.78 is 0. The zero-order chi connectivity index (χ0) is 18.4. The van der Waals surface area contributed by atoms with E-state index in [1.165, 1.54) is 5.56 Å². The van der Waals surface area contributed by atoms with Gasteiger partial charge in [-0.05, 0) is 37.5 Å². The molecule has 0 aliphatic carbocycles. The largest absolute Gasteiger partial charge is 0.299 e. The summed E-state index contributed by atoms with van der Waals surface area (Å²) in [6.45, 7) is 5.89. The van der Waals surface area contributed by atoms with Gasteiger partial charge >= 0.3 is 0 Å². The smallest absolute Gasteiger partial charge is 0.137 e. The number of allylic oxidation sites excluding steroid dienone is 1. The van der Waals surface area contributed by atoms with Crippen molar-refractivity contribution in [2.75, 3.05) is 0 Å². The lowest BCUT2D eigenvalue weighted by molar-refractivity contribution is -0.118. The van der Waals surface area contributed by atoms with E-state index >= 15 is 0 Å². The Labute approximate surface area is 154 Å². The summed E-state index contributed by atoms with van der Waals surface area (Å²) in [7, 11) is 0. The van der Waals surface area contributed by atoms with Crippen molar-refractivity contribution in [3.05, 3.63) is 83.8 Å². The number of benzene rings is 1. The SMILES string of the molecule is C=CCc1c(-c2cccnc2)n[nH]c1CCC(=O)Cc1ccc(C)cc1. The fraction of sp³-hybridized carbons (Fsp3) is 0.227. The van der Waals surface area contributed by atoms with Gasteiger partial charge in [-0.1, -0.05) is 35.9 Å². The molecule has 0 fully saturated rings. The van der Waals surface area contributed by atoms with Crippen LogP contribution in [0.1, 0.15) is 28.8 Å². The number of rotatable bonds is 8. The second-order valence-corrected chi connectivity index (χ2v) is 6.46. The van der Waals surface area contributed by atoms with Crippen molar-refractivity contribution in [1.82, 2.24) is 15.2 Å². The molecule has 1 aromatic carbocycles. The molecule has 0 aliphatic heterocycles. The summed E-state index contributed by atoms with van der Waals surface area (Å²) >= 11 is 0. The number of H-pyrrole nitrogens is 1. The van der Waals surface area contributed by atoms with Gasteiger partial charge in [0.2, 0.25) is 0 Å². The Bertz CT molecular complexity index is 880. The van der Waals surface area contributed by atoms with Crippen LogP contribution in [0.3, 0.4) is 0 Å². The summed E-state index contributed by atoms with van der Waals surface area (Å²) in [4.78, 5) is 16.5. The number of aromatic nitrogens is 3. The lowest BCUT2D eigenvalue weighted by Gasteiger charge is -2.05. The lowest BCUT2D eigenvalue weighted by Crippen LogP contribution is -2.05. The molecule has 26 heavy (non-hydrogen) atoms. The molecular weight excluding hydrogens is 322 g/mol. The van der Waals surface area contributed by atoms with Crippen molar-refractivity contribution < 1.29 is 4.79 Å². The van der Waals surface area contributed by atoms with Crippen LogP contribution in [0.15, 0.2) is 61.4 Å². The fourth-order valence-electron chi connectivity index (χ4n) is 3.00. The highest BCUT2D eigenvalue weighted by Gasteiger charge is 2.15. The number of carbonyl (C=O) groups is 1. The van der Waals surface area contributed by atoms with Crippen molar-refractivity contribution in [3.63, 3.8) is 0 Å². The molecule has 132 valence electrons. The summed E-state index contributed by atoms with van der Waals surface area (Å²) in [6, 6.07) is 12.0. The molecule has 0 saturated carbocycles. The Morgan fingerprint density at radius 3 is 2.73 bits per heavy atom. The first kappa shape index (κ1) is 17.8. The topological polar surface area (TPSA) is 58.6 Å². The van der Waals surface area contributed by atoms with Crippen molar-refractivity contribution in [2.45, 2.75) is 32.6 Å². The van der Waals surface area contributed by atoms with Gasteiger partial charge in [0.15, 0.2) is 0 Å². The number of hydrogen-bond acceptors (Lipinski definition) is 3. The molecule has 3 aromatic rings. The first-order valence-electron chi connectivity index (χ1n) is 8.82. The highest BCUT2D eigenvalue weighted by atomic mass is 16.1. The normalized spacial score (nSPS) is 10.7. The summed E-state index contributed by atoms with van der Waals surface area (Å²) in [5.41, 5.74) is 6.22. The van der Waals surface area contributed by atoms with Crippen LogP contribution >= 0.6 is 0 Å². The third-order valence-electron chi connectivity index (χ3n) is 4.41. The van der Waals surface area contributed by atoms with Gasteiger partial charge in [0, 0.05) is 42.1 Å². The second-order valence-electron chi connectivity index (χ2n) is 6.46. The van der Waals surface area contributed by atoms with Crippen LogP contribution in [0.5, 0.6) is 0 Å². The molecule has 0 bridgehead atoms. The van der Waals surface area contributed by atoms with E-state index < -0.39 is 0 Å². The molecule has 4 heteroatoms. The molecule has 0 aliphatic rings. The number of Topliss-reactive ketones (excluding diaryl/α,β-unsaturated/α-hetero) is 1. The Kier molecular flexibility index (Phi) is 5.74. The third-order valence-corrected chi connectivity index (χ3v) is 4.41. The van der Waals surface area contributed by atoms with E-state index in [2.05, 4.69) is 21.8 Å². The number of pyridine rings is 1. The third kappa shape index (κ3) is 4.33. The van der Waals surface area contributed by atoms with Crippen molar-refractivity contribution in [2.24, 2.45) is 0 Å². The number of aryl methyl sites for hydroxylation is 2. The van der Waals surface area contributed by atoms with Gasteiger partial charge in [-0.3, -0.25) is 14.9 Å². The molecule has 0 saturated heterocycles. The average Bonchev–Trinajstić information content (AvgIpc) is 3.06. The molecule has 4 nitrogen and oxygen atoms in total. The van der Waals surface area contributed by atoms with Crippen molar-refractivity contribution >= 4 is 5.78 Å². The number of ketones is 1. The fourth-order valence-corrected chi connectivity index (χ4v) is 3.00. The van der Waals surface area contributed by atoms with Gasteiger partial charge in [0.05, 0.1) is 5.69 Å². The molecule has 0 amide bonds. The highest BCUT2D eigenvalue weighted by molar-refractivity contribution is 5.81. The monoisotopic (exact) mass is 345 g/mol. The van der Waals surface area contributed by atoms with Gasteiger partial charge < -0.3 is 0 Å². The van der Waals surface area contributed by atoms with E-state index in [-0.39, 0.29) is 5.78 Å². The quantitative estimate of drug-likeness (QED) is 0.621. The van der Waals surface area contributed by atoms with Crippen LogP contribution in [0.4, 0.5) is 0 Å². The number of nitrogens with one attached hydrogen (secondary N) is 1. The van der Waals surface area contributed by atoms with Crippen molar-refractivity contribution in [1.29, 1.82) is 0 Å². The van der Waals surface area contributed by atoms with Crippen molar-refractivity contribution in [3.8, 4) is 11.3 Å². The Hall–Kier alpha value is -3.01. The van der Waals surface area contributed by atoms with Gasteiger partial charge in [-0.25, -0.2) is 0 Å². The molecular formula is C22H23N3O. The maximum Gasteiger partial charge on any atom is 0.137 e. The van der Waals surface area contributed by atoms with Crippen LogP contribution in [-0.2, 0) is 24.1 Å². The average molecular weight is 345 g/mol. The number of hydrogen-bond donors (Lipinski definition) is 1. The summed E-state index contributed by atoms with van der Waals surface area (Å²) in [5, 5.41) is 7.56. The van der Waals surface area contributed by atoms with Crippen LogP contribution in [-0.4, -0.2) is 21.0 Å². The van der Waals surface area contributed by atoms with Gasteiger partial charge in [-0.15, -0.1) is 6.58 Å². The zero-order valence-electron chi connectivity index (χ0n) is 15.0. The molecule has 0 atom stereocenters. The molecule has 1 N–H and O–H groups in total. The highest BCUT2D eigenvalue weighted by Crippen LogP contribution is 2.25. The van der Waals surface area contributed by atoms with E-state index in [9.17, 15) is 4.79 Å². The second kappa shape index (κ2) is 8.39. The Balaban J connectivity index is 1.69. The Morgan fingerprint density at radius 1 is 1.23 bits per heavy atom. The summed E-state index contributed by atoms with van der Waals surface area (Å²) in [6.07, 6.45) is 7.74. The van der Waals surface area contributed by atoms with Crippen LogP contribution < -0.4 is 0 Å². The van der Waals surface area contributed by atoms with Gasteiger partial charge in [0.25, 0.3) is 0 Å². The predicted molar refractivity (Wildman–Crippen MR) is 104 cm³/mol. The molecule has 0 spiro atoms. The van der Waals surface area contributed by atoms with E-state index in [0.717, 1.165) is 28.1 Å².